The summed E-state index contributed by atoms with van der Waals surface area (Å²) >= 11 is 8.16. The SMILES string of the molecule is Cc1ccc(CC(Cl)c2cscc2C)cc1. The van der Waals surface area contributed by atoms with Gasteiger partial charge in [0.2, 0.25) is 0 Å². The van der Waals surface area contributed by atoms with Gasteiger partial charge >= 0.3 is 0 Å². The van der Waals surface area contributed by atoms with E-state index in [9.17, 15) is 0 Å². The molecule has 16 heavy (non-hydrogen) atoms. The Hall–Kier alpha value is -0.790. The molecule has 1 aromatic carbocycles. The van der Waals surface area contributed by atoms with E-state index in [1.807, 2.05) is 0 Å². The Kier molecular flexibility index (Phi) is 3.67. The van der Waals surface area contributed by atoms with E-state index < -0.39 is 0 Å². The van der Waals surface area contributed by atoms with Crippen molar-refractivity contribution in [3.05, 3.63) is 57.3 Å². The summed E-state index contributed by atoms with van der Waals surface area (Å²) in [5.41, 5.74) is 5.17. The molecule has 0 saturated heterocycles. The van der Waals surface area contributed by atoms with Crippen LogP contribution in [0.25, 0.3) is 0 Å². The van der Waals surface area contributed by atoms with Crippen molar-refractivity contribution < 1.29 is 0 Å². The van der Waals surface area contributed by atoms with E-state index in [2.05, 4.69) is 48.9 Å². The average Bonchev–Trinajstić information content (AvgIpc) is 2.68. The molecule has 0 radical (unpaired) electrons. The summed E-state index contributed by atoms with van der Waals surface area (Å²) in [5.74, 6) is 0. The zero-order valence-electron chi connectivity index (χ0n) is 9.53. The number of aryl methyl sites for hydroxylation is 2. The zero-order chi connectivity index (χ0) is 11.5. The summed E-state index contributed by atoms with van der Waals surface area (Å²) in [6.45, 7) is 4.22. The van der Waals surface area contributed by atoms with Crippen LogP contribution in [-0.4, -0.2) is 0 Å². The van der Waals surface area contributed by atoms with Crippen molar-refractivity contribution in [3.8, 4) is 0 Å². The van der Waals surface area contributed by atoms with Crippen molar-refractivity contribution in [1.82, 2.24) is 0 Å². The largest absolute Gasteiger partial charge is 0.152 e. The Labute approximate surface area is 106 Å². The van der Waals surface area contributed by atoms with Gasteiger partial charge in [0, 0.05) is 0 Å². The van der Waals surface area contributed by atoms with Crippen molar-refractivity contribution in [3.63, 3.8) is 0 Å². The number of thiophene rings is 1. The normalized spacial score (nSPS) is 12.7. The van der Waals surface area contributed by atoms with Crippen LogP contribution in [0, 0.1) is 13.8 Å². The molecule has 0 aliphatic heterocycles. The molecule has 2 aromatic rings. The third-order valence-electron chi connectivity index (χ3n) is 2.77. The first-order valence-corrected chi connectivity index (χ1v) is 6.77. The van der Waals surface area contributed by atoms with Crippen LogP contribution in [0.15, 0.2) is 35.0 Å². The van der Waals surface area contributed by atoms with E-state index in [-0.39, 0.29) is 5.38 Å². The summed E-state index contributed by atoms with van der Waals surface area (Å²) in [5, 5.41) is 4.40. The summed E-state index contributed by atoms with van der Waals surface area (Å²) in [6.07, 6.45) is 0.902. The van der Waals surface area contributed by atoms with Crippen molar-refractivity contribution >= 4 is 22.9 Å². The highest BCUT2D eigenvalue weighted by Gasteiger charge is 2.11. The zero-order valence-corrected chi connectivity index (χ0v) is 11.1. The Morgan fingerprint density at radius 1 is 1.12 bits per heavy atom. The fraction of sp³-hybridized carbons (Fsp3) is 0.286. The van der Waals surface area contributed by atoms with Crippen molar-refractivity contribution in [2.75, 3.05) is 0 Å². The molecule has 0 amide bonds. The fourth-order valence-electron chi connectivity index (χ4n) is 1.73. The smallest absolute Gasteiger partial charge is 0.0636 e. The van der Waals surface area contributed by atoms with Crippen LogP contribution in [0.2, 0.25) is 0 Å². The number of benzene rings is 1. The van der Waals surface area contributed by atoms with Gasteiger partial charge in [-0.15, -0.1) is 11.6 Å². The molecule has 0 saturated carbocycles. The second-order valence-electron chi connectivity index (χ2n) is 4.17. The highest BCUT2D eigenvalue weighted by molar-refractivity contribution is 7.08. The monoisotopic (exact) mass is 250 g/mol. The third kappa shape index (κ3) is 2.66. The minimum atomic E-state index is 0.0916. The van der Waals surface area contributed by atoms with Crippen molar-refractivity contribution in [2.24, 2.45) is 0 Å². The second-order valence-corrected chi connectivity index (χ2v) is 5.44. The third-order valence-corrected chi connectivity index (χ3v) is 4.04. The van der Waals surface area contributed by atoms with Gasteiger partial charge in [0.15, 0.2) is 0 Å². The van der Waals surface area contributed by atoms with Crippen LogP contribution in [-0.2, 0) is 6.42 Å². The molecule has 2 rings (SSSR count). The van der Waals surface area contributed by atoms with Crippen LogP contribution in [0.4, 0.5) is 0 Å². The second kappa shape index (κ2) is 5.03. The van der Waals surface area contributed by atoms with Crippen molar-refractivity contribution in [1.29, 1.82) is 0 Å². The van der Waals surface area contributed by atoms with Gasteiger partial charge in [-0.3, -0.25) is 0 Å². The van der Waals surface area contributed by atoms with Crippen LogP contribution in [0.3, 0.4) is 0 Å². The number of hydrogen-bond acceptors (Lipinski definition) is 1. The number of rotatable bonds is 3. The predicted octanol–water partition coefficient (Wildman–Crippen LogP) is 4.89. The molecule has 0 aliphatic carbocycles. The van der Waals surface area contributed by atoms with Gasteiger partial charge in [0.1, 0.15) is 0 Å². The standard InChI is InChI=1S/C14H15ClS/c1-10-3-5-12(6-4-10)7-14(15)13-9-16-8-11(13)2/h3-6,8-9,14H,7H2,1-2H3. The summed E-state index contributed by atoms with van der Waals surface area (Å²) < 4.78 is 0. The maximum atomic E-state index is 6.43. The van der Waals surface area contributed by atoms with Gasteiger partial charge in [-0.1, -0.05) is 29.8 Å². The molecule has 0 bridgehead atoms. The van der Waals surface area contributed by atoms with E-state index >= 15 is 0 Å². The lowest BCUT2D eigenvalue weighted by Gasteiger charge is -2.09. The van der Waals surface area contributed by atoms with Crippen LogP contribution >= 0.6 is 22.9 Å². The highest BCUT2D eigenvalue weighted by atomic mass is 35.5. The first-order chi connectivity index (χ1) is 7.66. The summed E-state index contributed by atoms with van der Waals surface area (Å²) in [4.78, 5) is 0. The van der Waals surface area contributed by atoms with Crippen LogP contribution in [0.5, 0.6) is 0 Å². The highest BCUT2D eigenvalue weighted by Crippen LogP contribution is 2.29. The molecular formula is C14H15ClS. The van der Waals surface area contributed by atoms with Crippen LogP contribution in [0.1, 0.15) is 27.6 Å². The first-order valence-electron chi connectivity index (χ1n) is 5.39. The molecular weight excluding hydrogens is 236 g/mol. The lowest BCUT2D eigenvalue weighted by molar-refractivity contribution is 0.916. The van der Waals surface area contributed by atoms with E-state index in [1.54, 1.807) is 11.3 Å². The Balaban J connectivity index is 2.10. The molecule has 1 heterocycles. The van der Waals surface area contributed by atoms with Gasteiger partial charge < -0.3 is 0 Å². The minimum absolute atomic E-state index is 0.0916. The molecule has 0 spiro atoms. The van der Waals surface area contributed by atoms with E-state index in [4.69, 9.17) is 11.6 Å². The molecule has 1 aromatic heterocycles. The number of halogens is 1. The lowest BCUT2D eigenvalue weighted by Crippen LogP contribution is -1.96. The van der Waals surface area contributed by atoms with E-state index in [1.165, 1.54) is 22.3 Å². The molecule has 0 N–H and O–H groups in total. The Bertz CT molecular complexity index is 456. The van der Waals surface area contributed by atoms with Gasteiger partial charge in [-0.25, -0.2) is 0 Å². The Morgan fingerprint density at radius 2 is 1.81 bits per heavy atom. The lowest BCUT2D eigenvalue weighted by atomic mass is 10.0. The maximum absolute atomic E-state index is 6.43. The first kappa shape index (κ1) is 11.7. The average molecular weight is 251 g/mol. The molecule has 0 nitrogen and oxygen atoms in total. The van der Waals surface area contributed by atoms with Gasteiger partial charge in [-0.05, 0) is 47.7 Å². The molecule has 1 unspecified atom stereocenters. The van der Waals surface area contributed by atoms with E-state index in [0.717, 1.165) is 6.42 Å². The molecule has 2 heteroatoms. The number of alkyl halides is 1. The minimum Gasteiger partial charge on any atom is -0.152 e. The maximum Gasteiger partial charge on any atom is 0.0636 e. The molecule has 0 fully saturated rings. The molecule has 1 atom stereocenters. The van der Waals surface area contributed by atoms with Crippen molar-refractivity contribution in [2.45, 2.75) is 25.6 Å². The molecule has 0 aliphatic rings. The molecule has 84 valence electrons. The summed E-state index contributed by atoms with van der Waals surface area (Å²) in [7, 11) is 0. The fourth-order valence-corrected chi connectivity index (χ4v) is 3.13. The van der Waals surface area contributed by atoms with Gasteiger partial charge in [0.25, 0.3) is 0 Å². The topological polar surface area (TPSA) is 0 Å². The van der Waals surface area contributed by atoms with E-state index in [0.29, 0.717) is 0 Å². The van der Waals surface area contributed by atoms with Gasteiger partial charge in [-0.2, -0.15) is 11.3 Å². The number of hydrogen-bond donors (Lipinski definition) is 0. The Morgan fingerprint density at radius 3 is 2.38 bits per heavy atom. The van der Waals surface area contributed by atoms with Gasteiger partial charge in [0.05, 0.1) is 5.38 Å². The quantitative estimate of drug-likeness (QED) is 0.681. The van der Waals surface area contributed by atoms with Crippen LogP contribution < -0.4 is 0 Å². The summed E-state index contributed by atoms with van der Waals surface area (Å²) in [6, 6.07) is 8.59. The predicted molar refractivity (Wildman–Crippen MR) is 72.5 cm³/mol.